The molecule has 5 rings (SSSR count). The molecule has 0 N–H and O–H groups in total. The van der Waals surface area contributed by atoms with Crippen LogP contribution in [-0.4, -0.2) is 36.7 Å². The zero-order valence-electron chi connectivity index (χ0n) is 14.2. The zero-order chi connectivity index (χ0) is 18.1. The van der Waals surface area contributed by atoms with Gasteiger partial charge >= 0.3 is 6.09 Å². The maximum atomic E-state index is 13.7. The molecule has 3 fully saturated rings. The number of carbonyl (C=O) groups is 1. The Morgan fingerprint density at radius 2 is 2.12 bits per heavy atom. The van der Waals surface area contributed by atoms with Crippen LogP contribution in [0.25, 0.3) is 0 Å². The Balaban J connectivity index is 1.54. The number of hydrogen-bond acceptors (Lipinski definition) is 4. The van der Waals surface area contributed by atoms with Gasteiger partial charge in [-0.25, -0.2) is 9.18 Å². The van der Waals surface area contributed by atoms with Crippen LogP contribution in [0.5, 0.6) is 0 Å². The number of fused-ring (bicyclic) bond motifs is 3. The molecule has 1 aromatic carbocycles. The van der Waals surface area contributed by atoms with E-state index in [0.29, 0.717) is 18.2 Å². The average molecular weight is 439 g/mol. The van der Waals surface area contributed by atoms with Crippen LogP contribution in [0.15, 0.2) is 40.2 Å². The lowest BCUT2D eigenvalue weighted by Crippen LogP contribution is -2.53. The summed E-state index contributed by atoms with van der Waals surface area (Å²) in [6.07, 6.45) is 1.68. The molecule has 0 radical (unpaired) electrons. The summed E-state index contributed by atoms with van der Waals surface area (Å²) in [6, 6.07) is 10.0. The maximum Gasteiger partial charge on any atom is 0.414 e. The summed E-state index contributed by atoms with van der Waals surface area (Å²) in [6.45, 7) is 3.35. The number of anilines is 1. The highest BCUT2D eigenvalue weighted by molar-refractivity contribution is 9.11. The first-order valence-corrected chi connectivity index (χ1v) is 10.4. The minimum atomic E-state index is -0.404. The van der Waals surface area contributed by atoms with Gasteiger partial charge in [0.2, 0.25) is 0 Å². The topological polar surface area (TPSA) is 32.8 Å². The molecule has 7 heteroatoms. The van der Waals surface area contributed by atoms with Crippen molar-refractivity contribution in [1.82, 2.24) is 4.90 Å². The van der Waals surface area contributed by atoms with Gasteiger partial charge in [0, 0.05) is 11.4 Å². The molecule has 4 nitrogen and oxygen atoms in total. The molecule has 0 saturated carbocycles. The number of hydrogen-bond donors (Lipinski definition) is 0. The van der Waals surface area contributed by atoms with Crippen LogP contribution >= 0.6 is 27.3 Å². The summed E-state index contributed by atoms with van der Waals surface area (Å²) in [5.41, 5.74) is 0.515. The van der Waals surface area contributed by atoms with Crippen molar-refractivity contribution in [3.05, 3.63) is 50.9 Å². The highest BCUT2D eigenvalue weighted by Crippen LogP contribution is 2.31. The fraction of sp³-hybridized carbons (Fsp3) is 0.421. The number of carbonyl (C=O) groups excluding carboxylic acids is 1. The van der Waals surface area contributed by atoms with Crippen LogP contribution in [0.3, 0.4) is 0 Å². The summed E-state index contributed by atoms with van der Waals surface area (Å²) in [4.78, 5) is 17.8. The molecule has 0 unspecified atom stereocenters. The predicted molar refractivity (Wildman–Crippen MR) is 104 cm³/mol. The number of nitrogens with zero attached hydrogens (tertiary/aromatic N) is 2. The molecule has 26 heavy (non-hydrogen) atoms. The number of halogens is 2. The van der Waals surface area contributed by atoms with Gasteiger partial charge in [-0.3, -0.25) is 9.80 Å². The second-order valence-corrected chi connectivity index (χ2v) is 9.38. The number of thiophene rings is 1. The summed E-state index contributed by atoms with van der Waals surface area (Å²) in [7, 11) is 0. The van der Waals surface area contributed by atoms with E-state index in [-0.39, 0.29) is 11.9 Å². The quantitative estimate of drug-likeness (QED) is 0.681. The summed E-state index contributed by atoms with van der Waals surface area (Å²) < 4.78 is 20.6. The van der Waals surface area contributed by atoms with Crippen LogP contribution < -0.4 is 4.90 Å². The van der Waals surface area contributed by atoms with E-state index in [1.54, 1.807) is 23.5 Å². The first kappa shape index (κ1) is 17.9. The minimum absolute atomic E-state index is 0.0730. The highest BCUT2D eigenvalue weighted by atomic mass is 79.9. The van der Waals surface area contributed by atoms with Crippen LogP contribution in [-0.2, 0) is 11.3 Å². The van der Waals surface area contributed by atoms with Gasteiger partial charge in [0.15, 0.2) is 0 Å². The standard InChI is InChI=1S/C19H20BrFN2O2S/c20-18-5-4-16(26-18)11-23(15-3-1-2-14(21)10-15)19(24)25-17-12-22-8-6-13(17)7-9-22/h1-5,10,13,17H,6-9,11-12H2/t17-/m0/s1. The minimum Gasteiger partial charge on any atom is -0.444 e. The molecule has 0 spiro atoms. The van der Waals surface area contributed by atoms with E-state index in [1.165, 1.54) is 17.0 Å². The van der Waals surface area contributed by atoms with Gasteiger partial charge in [-0.15, -0.1) is 11.3 Å². The Bertz CT molecular complexity index is 791. The second kappa shape index (κ2) is 7.66. The van der Waals surface area contributed by atoms with Gasteiger partial charge in [0.25, 0.3) is 0 Å². The van der Waals surface area contributed by atoms with E-state index in [0.717, 1.165) is 41.1 Å². The molecule has 1 aromatic heterocycles. The Morgan fingerprint density at radius 3 is 2.73 bits per heavy atom. The lowest BCUT2D eigenvalue weighted by Gasteiger charge is -2.44. The molecule has 3 aliphatic heterocycles. The Kier molecular flexibility index (Phi) is 5.29. The Morgan fingerprint density at radius 1 is 1.31 bits per heavy atom. The van der Waals surface area contributed by atoms with Crippen molar-refractivity contribution < 1.29 is 13.9 Å². The number of rotatable bonds is 4. The summed E-state index contributed by atoms with van der Waals surface area (Å²) >= 11 is 5.00. The van der Waals surface area contributed by atoms with Gasteiger partial charge in [0.1, 0.15) is 11.9 Å². The van der Waals surface area contributed by atoms with Crippen LogP contribution in [0.4, 0.5) is 14.9 Å². The monoisotopic (exact) mass is 438 g/mol. The first-order chi connectivity index (χ1) is 12.6. The van der Waals surface area contributed by atoms with E-state index >= 15 is 0 Å². The first-order valence-electron chi connectivity index (χ1n) is 8.79. The third-order valence-corrected chi connectivity index (χ3v) is 6.74. The van der Waals surface area contributed by atoms with Gasteiger partial charge in [-0.2, -0.15) is 0 Å². The lowest BCUT2D eigenvalue weighted by molar-refractivity contribution is -0.0311. The number of amides is 1. The normalized spacial score (nSPS) is 24.5. The van der Waals surface area contributed by atoms with Crippen molar-refractivity contribution in [2.45, 2.75) is 25.5 Å². The van der Waals surface area contributed by atoms with Gasteiger partial charge < -0.3 is 4.74 Å². The van der Waals surface area contributed by atoms with Crippen LogP contribution in [0, 0.1) is 11.7 Å². The van der Waals surface area contributed by atoms with E-state index < -0.39 is 6.09 Å². The molecular weight excluding hydrogens is 419 g/mol. The third kappa shape index (κ3) is 3.94. The van der Waals surface area contributed by atoms with Crippen molar-refractivity contribution in [1.29, 1.82) is 0 Å². The van der Waals surface area contributed by atoms with Crippen LogP contribution in [0.1, 0.15) is 17.7 Å². The van der Waals surface area contributed by atoms with Crippen molar-refractivity contribution in [2.24, 2.45) is 5.92 Å². The molecule has 0 aliphatic carbocycles. The van der Waals surface area contributed by atoms with E-state index in [2.05, 4.69) is 20.8 Å². The number of ether oxygens (including phenoxy) is 1. The molecule has 138 valence electrons. The Hall–Kier alpha value is -1.44. The smallest absolute Gasteiger partial charge is 0.414 e. The van der Waals surface area contributed by atoms with Crippen molar-refractivity contribution >= 4 is 39.0 Å². The fourth-order valence-electron chi connectivity index (χ4n) is 3.74. The molecule has 3 aliphatic rings. The lowest BCUT2D eigenvalue weighted by atomic mass is 9.86. The Labute approximate surface area is 164 Å². The van der Waals surface area contributed by atoms with Gasteiger partial charge in [-0.1, -0.05) is 6.07 Å². The van der Waals surface area contributed by atoms with Gasteiger partial charge in [-0.05, 0) is 78.1 Å². The zero-order valence-corrected chi connectivity index (χ0v) is 16.6. The maximum absolute atomic E-state index is 13.7. The molecule has 1 amide bonds. The molecule has 2 bridgehead atoms. The van der Waals surface area contributed by atoms with E-state index in [1.807, 2.05) is 12.1 Å². The van der Waals surface area contributed by atoms with Crippen molar-refractivity contribution in [3.8, 4) is 0 Å². The fourth-order valence-corrected chi connectivity index (χ4v) is 5.21. The SMILES string of the molecule is O=C(O[C@H]1CN2CCC1CC2)N(Cc1ccc(Br)s1)c1cccc(F)c1. The average Bonchev–Trinajstić information content (AvgIpc) is 3.05. The van der Waals surface area contributed by atoms with Gasteiger partial charge in [0.05, 0.1) is 16.0 Å². The summed E-state index contributed by atoms with van der Waals surface area (Å²) in [5, 5.41) is 0. The molecular formula is C19H20BrFN2O2S. The molecule has 4 heterocycles. The third-order valence-electron chi connectivity index (χ3n) is 5.13. The largest absolute Gasteiger partial charge is 0.444 e. The molecule has 3 saturated heterocycles. The number of piperidine rings is 3. The summed E-state index contributed by atoms with van der Waals surface area (Å²) in [5.74, 6) is 0.0738. The van der Waals surface area contributed by atoms with E-state index in [4.69, 9.17) is 4.74 Å². The van der Waals surface area contributed by atoms with Crippen LogP contribution in [0.2, 0.25) is 0 Å². The van der Waals surface area contributed by atoms with E-state index in [9.17, 15) is 9.18 Å². The molecule has 1 atom stereocenters. The number of benzene rings is 1. The highest BCUT2D eigenvalue weighted by Gasteiger charge is 2.37. The predicted octanol–water partition coefficient (Wildman–Crippen LogP) is 4.89. The van der Waals surface area contributed by atoms with Crippen molar-refractivity contribution in [2.75, 3.05) is 24.5 Å². The second-order valence-electron chi connectivity index (χ2n) is 6.83. The van der Waals surface area contributed by atoms with Crippen molar-refractivity contribution in [3.63, 3.8) is 0 Å². The molecule has 2 aromatic rings.